The summed E-state index contributed by atoms with van der Waals surface area (Å²) in [5.41, 5.74) is 1.48. The van der Waals surface area contributed by atoms with E-state index in [4.69, 9.17) is 4.74 Å². The lowest BCUT2D eigenvalue weighted by Crippen LogP contribution is -2.47. The van der Waals surface area contributed by atoms with E-state index in [-0.39, 0.29) is 11.3 Å². The first-order valence-electron chi connectivity index (χ1n) is 8.30. The fourth-order valence-electron chi connectivity index (χ4n) is 3.25. The van der Waals surface area contributed by atoms with Crippen molar-refractivity contribution in [2.45, 2.75) is 12.8 Å². The van der Waals surface area contributed by atoms with Gasteiger partial charge in [-0.1, -0.05) is 18.2 Å². The summed E-state index contributed by atoms with van der Waals surface area (Å²) in [6, 6.07) is 9.75. The Labute approximate surface area is 142 Å². The topological polar surface area (TPSA) is 68.2 Å². The zero-order chi connectivity index (χ0) is 16.8. The van der Waals surface area contributed by atoms with Crippen molar-refractivity contribution >= 4 is 5.91 Å². The van der Waals surface area contributed by atoms with Crippen LogP contribution in [0.3, 0.4) is 0 Å². The molecule has 1 amide bonds. The first-order valence-corrected chi connectivity index (χ1v) is 8.30. The highest BCUT2D eigenvalue weighted by Gasteiger charge is 2.32. The lowest BCUT2D eigenvalue weighted by Gasteiger charge is -2.37. The Kier molecular flexibility index (Phi) is 5.27. The van der Waals surface area contributed by atoms with Crippen molar-refractivity contribution in [1.82, 2.24) is 20.2 Å². The summed E-state index contributed by atoms with van der Waals surface area (Å²) in [5.74, 6) is -0.106. The molecule has 1 aromatic heterocycles. The van der Waals surface area contributed by atoms with Crippen molar-refractivity contribution in [2.24, 2.45) is 5.41 Å². The fraction of sp³-hybridized carbons (Fsp3) is 0.444. The second-order valence-corrected chi connectivity index (χ2v) is 6.35. The van der Waals surface area contributed by atoms with Crippen LogP contribution in [0.25, 0.3) is 5.69 Å². The molecule has 0 saturated carbocycles. The lowest BCUT2D eigenvalue weighted by molar-refractivity contribution is 0.0510. The number of hydrogen-bond donors (Lipinski definition) is 2. The van der Waals surface area contributed by atoms with Crippen LogP contribution in [-0.2, 0) is 4.74 Å². The van der Waals surface area contributed by atoms with Crippen LogP contribution in [0, 0.1) is 5.41 Å². The number of piperidine rings is 1. The summed E-state index contributed by atoms with van der Waals surface area (Å²) in [6.45, 7) is 3.19. The minimum absolute atomic E-state index is 0.00720. The number of nitrogens with one attached hydrogen (secondary N) is 2. The van der Waals surface area contributed by atoms with E-state index >= 15 is 0 Å². The predicted octanol–water partition coefficient (Wildman–Crippen LogP) is 1.62. The lowest BCUT2D eigenvalue weighted by atomic mass is 9.79. The summed E-state index contributed by atoms with van der Waals surface area (Å²) in [6.07, 6.45) is 5.27. The second-order valence-electron chi connectivity index (χ2n) is 6.35. The van der Waals surface area contributed by atoms with E-state index in [9.17, 15) is 4.79 Å². The third kappa shape index (κ3) is 3.66. The average molecular weight is 328 g/mol. The number of imidazole rings is 1. The number of rotatable bonds is 6. The second kappa shape index (κ2) is 7.59. The van der Waals surface area contributed by atoms with Crippen LogP contribution in [0.4, 0.5) is 0 Å². The van der Waals surface area contributed by atoms with E-state index in [1.54, 1.807) is 24.2 Å². The van der Waals surface area contributed by atoms with E-state index in [1.165, 1.54) is 0 Å². The Morgan fingerprint density at radius 1 is 1.33 bits per heavy atom. The fourth-order valence-corrected chi connectivity index (χ4v) is 3.25. The van der Waals surface area contributed by atoms with E-state index in [2.05, 4.69) is 15.6 Å². The zero-order valence-electron chi connectivity index (χ0n) is 14.0. The molecule has 1 aliphatic rings. The Bertz CT molecular complexity index is 657. The maximum Gasteiger partial charge on any atom is 0.269 e. The minimum Gasteiger partial charge on any atom is -0.384 e. The summed E-state index contributed by atoms with van der Waals surface area (Å²) < 4.78 is 7.21. The number of methoxy groups -OCH3 is 1. The third-order valence-corrected chi connectivity index (χ3v) is 4.64. The maximum absolute atomic E-state index is 12.7. The quantitative estimate of drug-likeness (QED) is 0.845. The van der Waals surface area contributed by atoms with Gasteiger partial charge in [-0.3, -0.25) is 9.36 Å². The van der Waals surface area contributed by atoms with Crippen molar-refractivity contribution in [3.8, 4) is 5.69 Å². The van der Waals surface area contributed by atoms with Gasteiger partial charge >= 0.3 is 0 Å². The van der Waals surface area contributed by atoms with E-state index in [0.717, 1.165) is 31.6 Å². The molecule has 1 aromatic carbocycles. The molecular formula is C18H24N4O2. The monoisotopic (exact) mass is 328 g/mol. The number of nitrogens with zero attached hydrogens (tertiary/aromatic N) is 2. The molecular weight excluding hydrogens is 304 g/mol. The largest absolute Gasteiger partial charge is 0.384 e. The van der Waals surface area contributed by atoms with Crippen LogP contribution in [0.1, 0.15) is 23.3 Å². The Hall–Kier alpha value is -2.18. The molecule has 6 nitrogen and oxygen atoms in total. The number of ether oxygens (including phenoxy) is 1. The normalized spacial score (nSPS) is 16.7. The highest BCUT2D eigenvalue weighted by molar-refractivity contribution is 5.93. The smallest absolute Gasteiger partial charge is 0.269 e. The summed E-state index contributed by atoms with van der Waals surface area (Å²) in [4.78, 5) is 16.8. The van der Waals surface area contributed by atoms with Gasteiger partial charge < -0.3 is 15.4 Å². The van der Waals surface area contributed by atoms with Crippen molar-refractivity contribution < 1.29 is 9.53 Å². The molecule has 3 rings (SSSR count). The number of carbonyl (C=O) groups excluding carboxylic acids is 1. The number of carbonyl (C=O) groups is 1. The summed E-state index contributed by atoms with van der Waals surface area (Å²) >= 11 is 0. The molecule has 0 aliphatic carbocycles. The highest BCUT2D eigenvalue weighted by Crippen LogP contribution is 2.28. The van der Waals surface area contributed by atoms with Gasteiger partial charge in [-0.25, -0.2) is 4.98 Å². The third-order valence-electron chi connectivity index (χ3n) is 4.64. The molecule has 2 N–H and O–H groups in total. The number of para-hydroxylation sites is 1. The Balaban J connectivity index is 1.70. The molecule has 2 heterocycles. The number of amides is 1. The average Bonchev–Trinajstić information content (AvgIpc) is 3.11. The molecule has 1 fully saturated rings. The molecule has 1 aliphatic heterocycles. The van der Waals surface area contributed by atoms with Gasteiger partial charge in [0.15, 0.2) is 0 Å². The van der Waals surface area contributed by atoms with Gasteiger partial charge in [0, 0.05) is 24.8 Å². The van der Waals surface area contributed by atoms with E-state index < -0.39 is 0 Å². The Morgan fingerprint density at radius 2 is 2.08 bits per heavy atom. The van der Waals surface area contributed by atoms with Gasteiger partial charge in [0.2, 0.25) is 0 Å². The van der Waals surface area contributed by atoms with Gasteiger partial charge in [-0.05, 0) is 38.1 Å². The van der Waals surface area contributed by atoms with Gasteiger partial charge in [0.05, 0.1) is 19.1 Å². The summed E-state index contributed by atoms with van der Waals surface area (Å²) in [7, 11) is 1.72. The Morgan fingerprint density at radius 3 is 2.79 bits per heavy atom. The molecule has 128 valence electrons. The number of benzene rings is 1. The molecule has 0 radical (unpaired) electrons. The van der Waals surface area contributed by atoms with Crippen LogP contribution in [0.2, 0.25) is 0 Å². The first-order chi connectivity index (χ1) is 11.7. The van der Waals surface area contributed by atoms with Gasteiger partial charge in [-0.2, -0.15) is 0 Å². The van der Waals surface area contributed by atoms with E-state index in [0.29, 0.717) is 18.8 Å². The van der Waals surface area contributed by atoms with E-state index in [1.807, 2.05) is 30.3 Å². The molecule has 0 bridgehead atoms. The minimum atomic E-state index is -0.106. The van der Waals surface area contributed by atoms with Crippen molar-refractivity contribution in [2.75, 3.05) is 33.4 Å². The molecule has 24 heavy (non-hydrogen) atoms. The van der Waals surface area contributed by atoms with Crippen molar-refractivity contribution in [3.05, 3.63) is 48.5 Å². The predicted molar refractivity (Wildman–Crippen MR) is 92.3 cm³/mol. The molecule has 2 aromatic rings. The first kappa shape index (κ1) is 16.7. The number of hydrogen-bond acceptors (Lipinski definition) is 4. The van der Waals surface area contributed by atoms with Crippen LogP contribution in [0.5, 0.6) is 0 Å². The highest BCUT2D eigenvalue weighted by atomic mass is 16.5. The molecule has 1 saturated heterocycles. The van der Waals surface area contributed by atoms with Gasteiger partial charge in [0.1, 0.15) is 5.69 Å². The van der Waals surface area contributed by atoms with Crippen LogP contribution in [0.15, 0.2) is 42.9 Å². The molecule has 0 unspecified atom stereocenters. The summed E-state index contributed by atoms with van der Waals surface area (Å²) in [5, 5.41) is 6.44. The zero-order valence-corrected chi connectivity index (χ0v) is 14.0. The van der Waals surface area contributed by atoms with Crippen LogP contribution >= 0.6 is 0 Å². The maximum atomic E-state index is 12.7. The van der Waals surface area contributed by atoms with Crippen LogP contribution in [-0.4, -0.2) is 48.8 Å². The van der Waals surface area contributed by atoms with Crippen molar-refractivity contribution in [1.29, 1.82) is 0 Å². The number of aromatic nitrogens is 2. The molecule has 6 heteroatoms. The standard InChI is InChI=1S/C18H24N4O2/c1-24-13-18(7-9-19-10-8-18)12-21-17(23)16-11-20-14-22(16)15-5-3-2-4-6-15/h2-6,11,14,19H,7-10,12-13H2,1H3,(H,21,23). The molecule has 0 atom stereocenters. The SMILES string of the molecule is COCC1(CNC(=O)c2cncn2-c2ccccc2)CCNCC1. The molecule has 0 spiro atoms. The van der Waals surface area contributed by atoms with Gasteiger partial charge in [0.25, 0.3) is 5.91 Å². The van der Waals surface area contributed by atoms with Crippen molar-refractivity contribution in [3.63, 3.8) is 0 Å². The van der Waals surface area contributed by atoms with Gasteiger partial charge in [-0.15, -0.1) is 0 Å². The van der Waals surface area contributed by atoms with Crippen LogP contribution < -0.4 is 10.6 Å².